The zero-order valence-electron chi connectivity index (χ0n) is 18.0. The smallest absolute Gasteiger partial charge is 0.414 e. The van der Waals surface area contributed by atoms with Crippen molar-refractivity contribution in [2.75, 3.05) is 5.75 Å². The Bertz CT molecular complexity index is 374. The largest absolute Gasteiger partial charge is 0.497 e. The number of rotatable bonds is 9. The van der Waals surface area contributed by atoms with Crippen LogP contribution in [-0.4, -0.2) is 44.3 Å². The van der Waals surface area contributed by atoms with Gasteiger partial charge < -0.3 is 12.3 Å². The average molecular weight is 425 g/mol. The first-order valence-corrected chi connectivity index (χ1v) is 21.8. The molecule has 0 saturated heterocycles. The molecule has 144 valence electrons. The van der Waals surface area contributed by atoms with E-state index < -0.39 is 33.8 Å². The van der Waals surface area contributed by atoms with Crippen LogP contribution in [0.2, 0.25) is 58.9 Å². The summed E-state index contributed by atoms with van der Waals surface area (Å²) in [4.78, 5) is 0. The minimum Gasteiger partial charge on any atom is -0.414 e. The van der Waals surface area contributed by atoms with E-state index in [4.69, 9.17) is 12.3 Å². The van der Waals surface area contributed by atoms with Crippen molar-refractivity contribution in [1.29, 1.82) is 0 Å². The molecule has 8 heteroatoms. The van der Waals surface area contributed by atoms with E-state index in [9.17, 15) is 0 Å². The molecule has 0 aromatic carbocycles. The fraction of sp³-hybridized carbons (Fsp3) is 0.875. The Labute approximate surface area is 159 Å². The number of hydrogen-bond donors (Lipinski definition) is 0. The second kappa shape index (κ2) is 8.68. The molecule has 0 spiro atoms. The third-order valence-electron chi connectivity index (χ3n) is 2.28. The molecule has 0 atom stereocenters. The topological polar surface area (TPSA) is 27.7 Å². The van der Waals surface area contributed by atoms with Crippen molar-refractivity contribution in [3.63, 3.8) is 0 Å². The molecular weight excluding hydrogens is 385 g/mol. The monoisotopic (exact) mass is 424 g/mol. The van der Waals surface area contributed by atoms with Crippen molar-refractivity contribution in [3.05, 3.63) is 11.8 Å². The molecule has 0 fully saturated rings. The number of thioether (sulfide) groups is 1. The molecule has 3 nitrogen and oxygen atoms in total. The summed E-state index contributed by atoms with van der Waals surface area (Å²) in [6.45, 7) is 26.7. The summed E-state index contributed by atoms with van der Waals surface area (Å²) < 4.78 is 20.1. The van der Waals surface area contributed by atoms with Crippen LogP contribution in [0.25, 0.3) is 0 Å². The minimum absolute atomic E-state index is 0.257. The Morgan fingerprint density at radius 3 is 1.29 bits per heavy atom. The molecule has 0 aliphatic carbocycles. The predicted molar refractivity (Wildman–Crippen MR) is 120 cm³/mol. The van der Waals surface area contributed by atoms with Gasteiger partial charge in [-0.2, -0.15) is 11.8 Å². The third kappa shape index (κ3) is 14.1. The first-order valence-electron chi connectivity index (χ1n) is 8.75. The molecule has 0 N–H and O–H groups in total. The van der Waals surface area contributed by atoms with Gasteiger partial charge in [-0.3, -0.25) is 0 Å². The van der Waals surface area contributed by atoms with Crippen LogP contribution in [0, 0.1) is 0 Å². The zero-order chi connectivity index (χ0) is 19.4. The molecule has 0 radical (unpaired) electrons. The van der Waals surface area contributed by atoms with Crippen LogP contribution in [0.3, 0.4) is 0 Å². The van der Waals surface area contributed by atoms with Crippen molar-refractivity contribution in [2.45, 2.75) is 84.4 Å². The first kappa shape index (κ1) is 24.8. The Morgan fingerprint density at radius 1 is 0.708 bits per heavy atom. The van der Waals surface area contributed by atoms with Crippen LogP contribution in [-0.2, 0) is 12.3 Å². The van der Waals surface area contributed by atoms with Gasteiger partial charge in [0.25, 0.3) is 0 Å². The average Bonchev–Trinajstić information content (AvgIpc) is 2.14. The summed E-state index contributed by atoms with van der Waals surface area (Å²) in [5, 5.41) is 0. The van der Waals surface area contributed by atoms with Crippen molar-refractivity contribution < 1.29 is 12.3 Å². The van der Waals surface area contributed by atoms with Crippen molar-refractivity contribution in [3.8, 4) is 0 Å². The van der Waals surface area contributed by atoms with E-state index >= 15 is 0 Å². The normalized spacial score (nSPS) is 15.3. The van der Waals surface area contributed by atoms with E-state index in [2.05, 4.69) is 91.5 Å². The standard InChI is InChI=1S/C16H40O3SSi4/c1-16(2,3)20-14-13-15-24(17-21(4,5)6,18-22(7,8)9)19-23(10,11)12/h13,15H,14H2,1-12H3/b15-13-. The van der Waals surface area contributed by atoms with E-state index in [1.807, 2.05) is 11.8 Å². The highest BCUT2D eigenvalue weighted by Gasteiger charge is 2.48. The van der Waals surface area contributed by atoms with Gasteiger partial charge in [0.05, 0.1) is 0 Å². The van der Waals surface area contributed by atoms with E-state index in [1.54, 1.807) is 0 Å². The van der Waals surface area contributed by atoms with Crippen molar-refractivity contribution in [1.82, 2.24) is 0 Å². The van der Waals surface area contributed by atoms with E-state index in [1.165, 1.54) is 0 Å². The third-order valence-corrected chi connectivity index (χ3v) is 14.9. The van der Waals surface area contributed by atoms with Crippen LogP contribution in [0.4, 0.5) is 0 Å². The zero-order valence-corrected chi connectivity index (χ0v) is 22.8. The molecule has 0 aliphatic heterocycles. The van der Waals surface area contributed by atoms with Gasteiger partial charge in [0.15, 0.2) is 25.0 Å². The second-order valence-corrected chi connectivity index (χ2v) is 28.6. The second-order valence-electron chi connectivity index (χ2n) is 10.1. The minimum atomic E-state index is -2.81. The lowest BCUT2D eigenvalue weighted by Crippen LogP contribution is -2.59. The molecular formula is C16H40O3SSi4. The van der Waals surface area contributed by atoms with Crippen LogP contribution < -0.4 is 0 Å². The molecule has 0 saturated carbocycles. The van der Waals surface area contributed by atoms with Crippen molar-refractivity contribution >= 4 is 45.5 Å². The molecule has 0 aliphatic rings. The number of hydrogen-bond acceptors (Lipinski definition) is 4. The summed E-state index contributed by atoms with van der Waals surface area (Å²) in [5.41, 5.74) is 2.17. The summed E-state index contributed by atoms with van der Waals surface area (Å²) in [6, 6.07) is 0. The van der Waals surface area contributed by atoms with Gasteiger partial charge >= 0.3 is 8.80 Å². The van der Waals surface area contributed by atoms with Gasteiger partial charge in [0, 0.05) is 10.5 Å². The van der Waals surface area contributed by atoms with E-state index in [0.717, 1.165) is 5.75 Å². The maximum absolute atomic E-state index is 6.62. The SMILES string of the molecule is CC(C)(C)SC/C=C\[Si](O[Si](C)(C)C)(O[Si](C)(C)C)O[Si](C)(C)C. The molecule has 0 unspecified atom stereocenters. The van der Waals surface area contributed by atoms with E-state index in [-0.39, 0.29) is 4.75 Å². The summed E-state index contributed by atoms with van der Waals surface area (Å²) >= 11 is 1.93. The van der Waals surface area contributed by atoms with Gasteiger partial charge in [-0.15, -0.1) is 0 Å². The summed E-state index contributed by atoms with van der Waals surface area (Å²) in [7, 11) is -8.18. The maximum Gasteiger partial charge on any atom is 0.497 e. The highest BCUT2D eigenvalue weighted by Crippen LogP contribution is 2.28. The molecule has 0 rings (SSSR count). The van der Waals surface area contributed by atoms with Crippen molar-refractivity contribution in [2.24, 2.45) is 0 Å². The van der Waals surface area contributed by atoms with E-state index in [0.29, 0.717) is 0 Å². The van der Waals surface area contributed by atoms with Crippen LogP contribution >= 0.6 is 11.8 Å². The molecule has 0 amide bonds. The fourth-order valence-corrected chi connectivity index (χ4v) is 15.9. The van der Waals surface area contributed by atoms with Gasteiger partial charge in [0.2, 0.25) is 0 Å². The lowest BCUT2D eigenvalue weighted by molar-refractivity contribution is 0.271. The highest BCUT2D eigenvalue weighted by atomic mass is 32.2. The quantitative estimate of drug-likeness (QED) is 0.417. The van der Waals surface area contributed by atoms with Gasteiger partial charge in [0.1, 0.15) is 0 Å². The van der Waals surface area contributed by atoms with Crippen LogP contribution in [0.1, 0.15) is 20.8 Å². The van der Waals surface area contributed by atoms with Gasteiger partial charge in [-0.25, -0.2) is 0 Å². The maximum atomic E-state index is 6.62. The lowest BCUT2D eigenvalue weighted by Gasteiger charge is -2.41. The molecule has 0 aromatic rings. The summed E-state index contributed by atoms with van der Waals surface area (Å²) in [5.74, 6) is 0.956. The van der Waals surface area contributed by atoms with Gasteiger partial charge in [-0.05, 0) is 64.6 Å². The Kier molecular flexibility index (Phi) is 8.99. The molecule has 0 aromatic heterocycles. The Morgan fingerprint density at radius 2 is 1.04 bits per heavy atom. The summed E-state index contributed by atoms with van der Waals surface area (Å²) in [6.07, 6.45) is 2.21. The first-order chi connectivity index (χ1) is 10.3. The molecule has 0 heterocycles. The predicted octanol–water partition coefficient (Wildman–Crippen LogP) is 6.11. The molecule has 24 heavy (non-hydrogen) atoms. The lowest BCUT2D eigenvalue weighted by atomic mass is 10.3. The van der Waals surface area contributed by atoms with Crippen LogP contribution in [0.15, 0.2) is 11.8 Å². The fourth-order valence-electron chi connectivity index (χ4n) is 1.94. The van der Waals surface area contributed by atoms with Crippen LogP contribution in [0.5, 0.6) is 0 Å². The van der Waals surface area contributed by atoms with Gasteiger partial charge in [-0.1, -0.05) is 26.8 Å². The Hall–Kier alpha value is 0.838. The molecule has 0 bridgehead atoms. The Balaban J connectivity index is 5.58. The highest BCUT2D eigenvalue weighted by molar-refractivity contribution is 8.00.